The Hall–Kier alpha value is -1.82. The Labute approximate surface area is 110 Å². The van der Waals surface area contributed by atoms with Crippen molar-refractivity contribution in [3.8, 4) is 5.75 Å². The highest BCUT2D eigenvalue weighted by atomic mass is 19.1. The van der Waals surface area contributed by atoms with Crippen LogP contribution in [0.1, 0.15) is 25.7 Å². The molecule has 1 amide bonds. The Morgan fingerprint density at radius 3 is 2.68 bits per heavy atom. The number of rotatable bonds is 4. The van der Waals surface area contributed by atoms with Crippen LogP contribution in [0.3, 0.4) is 0 Å². The van der Waals surface area contributed by atoms with Crippen LogP contribution < -0.4 is 15.6 Å². The molecule has 0 aromatic heterocycles. The van der Waals surface area contributed by atoms with E-state index in [1.165, 1.54) is 19.2 Å². The topological polar surface area (TPSA) is 70.6 Å². The number of methoxy groups -OCH3 is 1. The highest BCUT2D eigenvalue weighted by Crippen LogP contribution is 2.29. The van der Waals surface area contributed by atoms with Crippen molar-refractivity contribution in [3.05, 3.63) is 24.0 Å². The molecule has 1 aromatic rings. The highest BCUT2D eigenvalue weighted by molar-refractivity contribution is 5.86. The van der Waals surface area contributed by atoms with Gasteiger partial charge in [0, 0.05) is 12.1 Å². The smallest absolute Gasteiger partial charge is 0.270 e. The summed E-state index contributed by atoms with van der Waals surface area (Å²) in [6.45, 7) is 0. The second-order valence-corrected chi connectivity index (χ2v) is 4.70. The van der Waals surface area contributed by atoms with Crippen LogP contribution in [0.4, 0.5) is 10.1 Å². The molecule has 6 heteroatoms. The van der Waals surface area contributed by atoms with Crippen molar-refractivity contribution < 1.29 is 19.0 Å². The Morgan fingerprint density at radius 1 is 1.37 bits per heavy atom. The average Bonchev–Trinajstić information content (AvgIpc) is 2.83. The van der Waals surface area contributed by atoms with Crippen LogP contribution in [0.15, 0.2) is 18.2 Å². The van der Waals surface area contributed by atoms with Gasteiger partial charge in [-0.15, -0.1) is 0 Å². The number of hydrogen-bond donors (Lipinski definition) is 3. The molecule has 0 atom stereocenters. The predicted molar refractivity (Wildman–Crippen MR) is 68.1 cm³/mol. The number of hydrazine groups is 1. The molecule has 104 valence electrons. The molecule has 0 heterocycles. The first kappa shape index (κ1) is 13.6. The molecule has 0 bridgehead atoms. The molecule has 5 nitrogen and oxygen atoms in total. The Balaban J connectivity index is 1.98. The first-order valence-electron chi connectivity index (χ1n) is 6.17. The third-order valence-corrected chi connectivity index (χ3v) is 3.28. The summed E-state index contributed by atoms with van der Waals surface area (Å²) in [5.74, 6) is -0.625. The van der Waals surface area contributed by atoms with Crippen molar-refractivity contribution in [2.75, 3.05) is 12.5 Å². The summed E-state index contributed by atoms with van der Waals surface area (Å²) in [5.41, 5.74) is 4.02. The van der Waals surface area contributed by atoms with Gasteiger partial charge in [0.05, 0.1) is 12.8 Å². The quantitative estimate of drug-likeness (QED) is 0.725. The number of hydrogen-bond acceptors (Lipinski definition) is 4. The molecule has 3 N–H and O–H groups in total. The standard InChI is InChI=1S/C13H17FN2O3/c1-19-11-7-9(14)6-10(8-11)15-16-12(17)13(18)4-2-3-5-13/h6-8,15,18H,2-5H2,1H3,(H,16,17). The molecular weight excluding hydrogens is 251 g/mol. The zero-order chi connectivity index (χ0) is 13.9. The largest absolute Gasteiger partial charge is 0.497 e. The van der Waals surface area contributed by atoms with Crippen LogP contribution in [0.2, 0.25) is 0 Å². The molecule has 0 spiro atoms. The van der Waals surface area contributed by atoms with E-state index >= 15 is 0 Å². The lowest BCUT2D eigenvalue weighted by Crippen LogP contribution is -2.46. The summed E-state index contributed by atoms with van der Waals surface area (Å²) < 4.78 is 18.2. The van der Waals surface area contributed by atoms with Gasteiger partial charge in [0.1, 0.15) is 17.2 Å². The summed E-state index contributed by atoms with van der Waals surface area (Å²) in [6, 6.07) is 4.00. The van der Waals surface area contributed by atoms with Crippen LogP contribution in [-0.2, 0) is 4.79 Å². The fourth-order valence-corrected chi connectivity index (χ4v) is 2.18. The van der Waals surface area contributed by atoms with Gasteiger partial charge in [-0.3, -0.25) is 15.6 Å². The summed E-state index contributed by atoms with van der Waals surface area (Å²) in [7, 11) is 1.43. The number of nitrogens with one attached hydrogen (secondary N) is 2. The molecule has 2 rings (SSSR count). The number of carbonyl (C=O) groups excluding carboxylic acids is 1. The summed E-state index contributed by atoms with van der Waals surface area (Å²) in [4.78, 5) is 11.8. The van der Waals surface area contributed by atoms with Crippen molar-refractivity contribution in [3.63, 3.8) is 0 Å². The van der Waals surface area contributed by atoms with Gasteiger partial charge < -0.3 is 9.84 Å². The zero-order valence-electron chi connectivity index (χ0n) is 10.7. The average molecular weight is 268 g/mol. The number of carbonyl (C=O) groups is 1. The molecule has 0 saturated heterocycles. The molecular formula is C13H17FN2O3. The van der Waals surface area contributed by atoms with Crippen molar-refractivity contribution in [2.45, 2.75) is 31.3 Å². The molecule has 1 fully saturated rings. The van der Waals surface area contributed by atoms with Crippen LogP contribution in [-0.4, -0.2) is 23.7 Å². The lowest BCUT2D eigenvalue weighted by molar-refractivity contribution is -0.138. The Morgan fingerprint density at radius 2 is 2.05 bits per heavy atom. The number of benzene rings is 1. The summed E-state index contributed by atoms with van der Waals surface area (Å²) in [5, 5.41) is 10.0. The molecule has 1 aromatic carbocycles. The summed E-state index contributed by atoms with van der Waals surface area (Å²) >= 11 is 0. The number of halogens is 1. The maximum absolute atomic E-state index is 13.2. The minimum Gasteiger partial charge on any atom is -0.497 e. The van der Waals surface area contributed by atoms with E-state index in [0.29, 0.717) is 24.3 Å². The van der Waals surface area contributed by atoms with Gasteiger partial charge in [0.2, 0.25) is 0 Å². The van der Waals surface area contributed by atoms with Crippen molar-refractivity contribution in [1.29, 1.82) is 0 Å². The second kappa shape index (κ2) is 5.44. The normalized spacial score (nSPS) is 17.0. The molecule has 1 aliphatic rings. The van der Waals surface area contributed by atoms with Crippen LogP contribution >= 0.6 is 0 Å². The van der Waals surface area contributed by atoms with Crippen LogP contribution in [0.25, 0.3) is 0 Å². The zero-order valence-corrected chi connectivity index (χ0v) is 10.7. The van der Waals surface area contributed by atoms with E-state index in [-0.39, 0.29) is 0 Å². The van der Waals surface area contributed by atoms with E-state index < -0.39 is 17.3 Å². The van der Waals surface area contributed by atoms with Crippen molar-refractivity contribution >= 4 is 11.6 Å². The van der Waals surface area contributed by atoms with E-state index in [1.54, 1.807) is 6.07 Å². The van der Waals surface area contributed by atoms with Crippen molar-refractivity contribution in [2.24, 2.45) is 0 Å². The third kappa shape index (κ3) is 3.14. The lowest BCUT2D eigenvalue weighted by Gasteiger charge is -2.21. The molecule has 19 heavy (non-hydrogen) atoms. The van der Waals surface area contributed by atoms with Gasteiger partial charge in [-0.1, -0.05) is 0 Å². The van der Waals surface area contributed by atoms with Crippen molar-refractivity contribution in [1.82, 2.24) is 5.43 Å². The third-order valence-electron chi connectivity index (χ3n) is 3.28. The molecule has 0 radical (unpaired) electrons. The monoisotopic (exact) mass is 268 g/mol. The molecule has 0 aliphatic heterocycles. The molecule has 1 aliphatic carbocycles. The second-order valence-electron chi connectivity index (χ2n) is 4.70. The maximum atomic E-state index is 13.2. The van der Waals surface area contributed by atoms with Crippen LogP contribution in [0, 0.1) is 5.82 Å². The highest BCUT2D eigenvalue weighted by Gasteiger charge is 2.38. The van der Waals surface area contributed by atoms with Crippen LogP contribution in [0.5, 0.6) is 5.75 Å². The minimum atomic E-state index is -1.32. The molecule has 1 saturated carbocycles. The van der Waals surface area contributed by atoms with E-state index in [4.69, 9.17) is 4.74 Å². The predicted octanol–water partition coefficient (Wildman–Crippen LogP) is 1.58. The van der Waals surface area contributed by atoms with Gasteiger partial charge in [0.25, 0.3) is 5.91 Å². The maximum Gasteiger partial charge on any atom is 0.270 e. The van der Waals surface area contributed by atoms with E-state index in [2.05, 4.69) is 10.9 Å². The fourth-order valence-electron chi connectivity index (χ4n) is 2.18. The lowest BCUT2D eigenvalue weighted by atomic mass is 10.0. The SMILES string of the molecule is COc1cc(F)cc(NNC(=O)C2(O)CCCC2)c1. The van der Waals surface area contributed by atoms with Gasteiger partial charge >= 0.3 is 0 Å². The number of aliphatic hydroxyl groups is 1. The van der Waals surface area contributed by atoms with Gasteiger partial charge in [-0.2, -0.15) is 0 Å². The first-order chi connectivity index (χ1) is 9.03. The fraction of sp³-hybridized carbons (Fsp3) is 0.462. The Bertz CT molecular complexity index is 473. The molecule has 0 unspecified atom stereocenters. The number of ether oxygens (including phenoxy) is 1. The van der Waals surface area contributed by atoms with Gasteiger partial charge in [-0.05, 0) is 31.7 Å². The van der Waals surface area contributed by atoms with E-state index in [0.717, 1.165) is 12.8 Å². The van der Waals surface area contributed by atoms with Gasteiger partial charge in [0.15, 0.2) is 0 Å². The minimum absolute atomic E-state index is 0.344. The van der Waals surface area contributed by atoms with E-state index in [1.807, 2.05) is 0 Å². The van der Waals surface area contributed by atoms with Gasteiger partial charge in [-0.25, -0.2) is 4.39 Å². The first-order valence-corrected chi connectivity index (χ1v) is 6.17. The Kier molecular flexibility index (Phi) is 3.90. The number of amides is 1. The van der Waals surface area contributed by atoms with E-state index in [9.17, 15) is 14.3 Å². The summed E-state index contributed by atoms with van der Waals surface area (Å²) in [6.07, 6.45) is 2.56. The number of anilines is 1.